The van der Waals surface area contributed by atoms with E-state index in [1.165, 1.54) is 13.0 Å². The first-order valence-corrected chi connectivity index (χ1v) is 11.9. The number of carbonyl (C=O) groups is 2. The number of carboxylic acid groups (broad SMARTS) is 1. The molecule has 0 spiro atoms. The summed E-state index contributed by atoms with van der Waals surface area (Å²) in [5.41, 5.74) is 0.665. The van der Waals surface area contributed by atoms with Gasteiger partial charge >= 0.3 is 5.97 Å². The minimum Gasteiger partial charge on any atom is -0.490 e. The second-order valence-electron chi connectivity index (χ2n) is 6.70. The van der Waals surface area contributed by atoms with Gasteiger partial charge < -0.3 is 19.9 Å². The quantitative estimate of drug-likeness (QED) is 0.366. The zero-order valence-corrected chi connectivity index (χ0v) is 19.3. The van der Waals surface area contributed by atoms with Crippen molar-refractivity contribution in [2.24, 2.45) is 0 Å². The lowest BCUT2D eigenvalue weighted by Crippen LogP contribution is -2.13. The van der Waals surface area contributed by atoms with Gasteiger partial charge in [0.25, 0.3) is 10.0 Å². The molecule has 1 aromatic heterocycles. The van der Waals surface area contributed by atoms with E-state index in [4.69, 9.17) is 14.6 Å². The summed E-state index contributed by atoms with van der Waals surface area (Å²) in [6.45, 7) is 3.14. The molecule has 0 unspecified atom stereocenters. The Balaban J connectivity index is 1.56. The van der Waals surface area contributed by atoms with Crippen LogP contribution in [-0.4, -0.2) is 43.6 Å². The van der Waals surface area contributed by atoms with Crippen molar-refractivity contribution in [3.8, 4) is 11.5 Å². The molecule has 3 aromatic rings. The summed E-state index contributed by atoms with van der Waals surface area (Å²) in [5.74, 6) is -0.689. The maximum absolute atomic E-state index is 12.7. The summed E-state index contributed by atoms with van der Waals surface area (Å²) in [7, 11) is -3.89. The normalized spacial score (nSPS) is 11.0. The molecular weight excluding hydrogens is 470 g/mol. The standard InChI is InChI=1S/C21H21N3O7S2/c1-13-20(32-21(22-13)23-14(2)25)33(28,29)24-15-7-9-16(10-8-15)30-11-12-31-18-6-4-3-5-17(18)19(26)27/h3-10,24H,11-12H2,1-2H3,(H,26,27)(H,22,23,25). The summed E-state index contributed by atoms with van der Waals surface area (Å²) in [6.07, 6.45) is 0. The topological polar surface area (TPSA) is 144 Å². The van der Waals surface area contributed by atoms with Gasteiger partial charge in [-0.25, -0.2) is 18.2 Å². The van der Waals surface area contributed by atoms with Crippen molar-refractivity contribution in [2.75, 3.05) is 23.3 Å². The number of carboxylic acids is 1. The van der Waals surface area contributed by atoms with E-state index in [9.17, 15) is 18.0 Å². The van der Waals surface area contributed by atoms with E-state index >= 15 is 0 Å². The lowest BCUT2D eigenvalue weighted by molar-refractivity contribution is -0.114. The SMILES string of the molecule is CC(=O)Nc1nc(C)c(S(=O)(=O)Nc2ccc(OCCOc3ccccc3C(=O)O)cc2)s1. The van der Waals surface area contributed by atoms with Crippen LogP contribution in [0, 0.1) is 6.92 Å². The number of hydrogen-bond donors (Lipinski definition) is 3. The van der Waals surface area contributed by atoms with Crippen molar-refractivity contribution >= 4 is 44.1 Å². The Morgan fingerprint density at radius 3 is 2.39 bits per heavy atom. The summed E-state index contributed by atoms with van der Waals surface area (Å²) in [4.78, 5) is 26.4. The lowest BCUT2D eigenvalue weighted by Gasteiger charge is -2.11. The van der Waals surface area contributed by atoms with Crippen LogP contribution in [0.1, 0.15) is 23.0 Å². The summed E-state index contributed by atoms with van der Waals surface area (Å²) >= 11 is 0.863. The molecule has 1 heterocycles. The number of hydrogen-bond acceptors (Lipinski definition) is 8. The summed E-state index contributed by atoms with van der Waals surface area (Å²) in [5, 5.41) is 11.8. The summed E-state index contributed by atoms with van der Waals surface area (Å²) in [6, 6.07) is 12.6. The number of benzene rings is 2. The third-order valence-corrected chi connectivity index (χ3v) is 7.18. The van der Waals surface area contributed by atoms with Crippen LogP contribution >= 0.6 is 11.3 Å². The van der Waals surface area contributed by atoms with Gasteiger partial charge in [-0.05, 0) is 43.3 Å². The molecule has 3 rings (SSSR count). The zero-order chi connectivity index (χ0) is 24.0. The third kappa shape index (κ3) is 6.43. The number of sulfonamides is 1. The number of carbonyl (C=O) groups excluding carboxylic acids is 1. The smallest absolute Gasteiger partial charge is 0.339 e. The van der Waals surface area contributed by atoms with Crippen molar-refractivity contribution < 1.29 is 32.6 Å². The molecule has 0 atom stereocenters. The molecule has 0 fully saturated rings. The molecule has 0 radical (unpaired) electrons. The van der Waals surface area contributed by atoms with Crippen molar-refractivity contribution in [3.63, 3.8) is 0 Å². The molecule has 10 nitrogen and oxygen atoms in total. The first-order valence-electron chi connectivity index (χ1n) is 9.61. The van der Waals surface area contributed by atoms with Gasteiger partial charge in [0, 0.05) is 12.6 Å². The van der Waals surface area contributed by atoms with Crippen LogP contribution < -0.4 is 19.5 Å². The second-order valence-corrected chi connectivity index (χ2v) is 9.58. The lowest BCUT2D eigenvalue weighted by atomic mass is 10.2. The number of rotatable bonds is 10. The number of nitrogens with one attached hydrogen (secondary N) is 2. The molecule has 0 aliphatic carbocycles. The van der Waals surface area contributed by atoms with Crippen LogP contribution in [0.2, 0.25) is 0 Å². The van der Waals surface area contributed by atoms with Crippen LogP contribution in [-0.2, 0) is 14.8 Å². The van der Waals surface area contributed by atoms with Crippen LogP contribution in [0.15, 0.2) is 52.7 Å². The monoisotopic (exact) mass is 491 g/mol. The van der Waals surface area contributed by atoms with Gasteiger partial charge in [-0.1, -0.05) is 23.5 Å². The number of aromatic nitrogens is 1. The molecule has 174 valence electrons. The fourth-order valence-electron chi connectivity index (χ4n) is 2.74. The van der Waals surface area contributed by atoms with Crippen LogP contribution in [0.25, 0.3) is 0 Å². The van der Waals surface area contributed by atoms with Gasteiger partial charge in [-0.2, -0.15) is 0 Å². The zero-order valence-electron chi connectivity index (χ0n) is 17.7. The maximum Gasteiger partial charge on any atom is 0.339 e. The van der Waals surface area contributed by atoms with Crippen molar-refractivity contribution in [1.29, 1.82) is 0 Å². The Hall–Kier alpha value is -3.64. The Kier molecular flexibility index (Phi) is 7.51. The molecule has 0 saturated heterocycles. The highest BCUT2D eigenvalue weighted by Gasteiger charge is 2.22. The van der Waals surface area contributed by atoms with Gasteiger partial charge in [-0.15, -0.1) is 0 Å². The second kappa shape index (κ2) is 10.3. The molecule has 33 heavy (non-hydrogen) atoms. The fraction of sp³-hybridized carbons (Fsp3) is 0.190. The van der Waals surface area contributed by atoms with Crippen molar-refractivity contribution in [2.45, 2.75) is 18.1 Å². The molecule has 12 heteroatoms. The number of amides is 1. The van der Waals surface area contributed by atoms with E-state index in [-0.39, 0.29) is 45.5 Å². The molecule has 1 amide bonds. The van der Waals surface area contributed by atoms with Crippen molar-refractivity contribution in [1.82, 2.24) is 4.98 Å². The molecule has 0 aliphatic rings. The molecule has 2 aromatic carbocycles. The van der Waals surface area contributed by atoms with Gasteiger partial charge in [0.05, 0.1) is 5.69 Å². The number of nitrogens with zero attached hydrogens (tertiary/aromatic N) is 1. The largest absolute Gasteiger partial charge is 0.490 e. The number of ether oxygens (including phenoxy) is 2. The highest BCUT2D eigenvalue weighted by atomic mass is 32.2. The Morgan fingerprint density at radius 2 is 1.73 bits per heavy atom. The Labute approximate surface area is 194 Å². The number of aryl methyl sites for hydroxylation is 1. The molecular formula is C21H21N3O7S2. The maximum atomic E-state index is 12.7. The summed E-state index contributed by atoms with van der Waals surface area (Å²) < 4.78 is 38.9. The van der Waals surface area contributed by atoms with Gasteiger partial charge in [0.2, 0.25) is 5.91 Å². The van der Waals surface area contributed by atoms with Gasteiger partial charge in [0.15, 0.2) is 9.34 Å². The molecule has 0 bridgehead atoms. The Bertz CT molecular complexity index is 1260. The number of aromatic carboxylic acids is 1. The third-order valence-electron chi connectivity index (χ3n) is 4.11. The van der Waals surface area contributed by atoms with E-state index in [2.05, 4.69) is 15.0 Å². The predicted octanol–water partition coefficient (Wildman–Crippen LogP) is 3.37. The number of thiazole rings is 1. The molecule has 0 saturated carbocycles. The first-order chi connectivity index (χ1) is 15.7. The van der Waals surface area contributed by atoms with Crippen LogP contribution in [0.5, 0.6) is 11.5 Å². The minimum atomic E-state index is -3.89. The van der Waals surface area contributed by atoms with E-state index < -0.39 is 16.0 Å². The number of anilines is 2. The minimum absolute atomic E-state index is 0.00497. The fourth-order valence-corrected chi connectivity index (χ4v) is 5.26. The molecule has 3 N–H and O–H groups in total. The molecule has 0 aliphatic heterocycles. The van der Waals surface area contributed by atoms with Crippen LogP contribution in [0.4, 0.5) is 10.8 Å². The average molecular weight is 492 g/mol. The highest BCUT2D eigenvalue weighted by molar-refractivity contribution is 7.94. The van der Waals surface area contributed by atoms with E-state index in [0.717, 1.165) is 11.3 Å². The van der Waals surface area contributed by atoms with Gasteiger partial charge in [0.1, 0.15) is 30.3 Å². The van der Waals surface area contributed by atoms with Crippen molar-refractivity contribution in [3.05, 3.63) is 59.8 Å². The number of para-hydroxylation sites is 1. The van der Waals surface area contributed by atoms with E-state index in [1.54, 1.807) is 49.4 Å². The highest BCUT2D eigenvalue weighted by Crippen LogP contribution is 2.29. The van der Waals surface area contributed by atoms with E-state index in [1.807, 2.05) is 0 Å². The average Bonchev–Trinajstić information content (AvgIpc) is 3.12. The van der Waals surface area contributed by atoms with Crippen LogP contribution in [0.3, 0.4) is 0 Å². The predicted molar refractivity (Wildman–Crippen MR) is 123 cm³/mol. The van der Waals surface area contributed by atoms with Gasteiger partial charge in [-0.3, -0.25) is 9.52 Å². The first kappa shape index (κ1) is 24.0. The van der Waals surface area contributed by atoms with E-state index in [0.29, 0.717) is 11.4 Å². The Morgan fingerprint density at radius 1 is 1.06 bits per heavy atom.